The minimum absolute atomic E-state index is 0.0175. The lowest BCUT2D eigenvalue weighted by atomic mass is 9.80. The van der Waals surface area contributed by atoms with E-state index in [4.69, 9.17) is 0 Å². The number of ketones is 1. The number of hydrogen-bond donors (Lipinski definition) is 0. The Bertz CT molecular complexity index is 195. The van der Waals surface area contributed by atoms with Crippen molar-refractivity contribution in [3.63, 3.8) is 0 Å². The molecule has 0 radical (unpaired) electrons. The molecule has 0 aromatic rings. The fourth-order valence-electron chi connectivity index (χ4n) is 2.54. The van der Waals surface area contributed by atoms with Gasteiger partial charge in [0.1, 0.15) is 5.78 Å². The van der Waals surface area contributed by atoms with Crippen LogP contribution in [0.1, 0.15) is 53.4 Å². The number of carbonyl (C=O) groups is 1. The summed E-state index contributed by atoms with van der Waals surface area (Å²) in [5.41, 5.74) is 0.0175. The molecule has 0 saturated heterocycles. The summed E-state index contributed by atoms with van der Waals surface area (Å²) in [5, 5.41) is 0. The fraction of sp³-hybridized carbons (Fsp3) is 0.917. The number of Topliss-reactive ketones (excluding diaryl/α,β-unsaturated/α-hetero) is 1. The lowest BCUT2D eigenvalue weighted by Gasteiger charge is -2.22. The van der Waals surface area contributed by atoms with E-state index in [9.17, 15) is 4.79 Å². The first-order valence-corrected chi connectivity index (χ1v) is 5.53. The largest absolute Gasteiger partial charge is 0.299 e. The second-order valence-corrected chi connectivity index (χ2v) is 5.08. The summed E-state index contributed by atoms with van der Waals surface area (Å²) < 4.78 is 0. The second kappa shape index (κ2) is 3.81. The first kappa shape index (κ1) is 10.7. The molecule has 1 aliphatic carbocycles. The van der Waals surface area contributed by atoms with Gasteiger partial charge in [-0.15, -0.1) is 0 Å². The van der Waals surface area contributed by atoms with Crippen molar-refractivity contribution in [3.8, 4) is 0 Å². The SMILES string of the molecule is CCC(=O)C1(C)CCC(C(C)C)C1. The molecule has 0 aromatic heterocycles. The highest BCUT2D eigenvalue weighted by Crippen LogP contribution is 2.45. The fourth-order valence-corrected chi connectivity index (χ4v) is 2.54. The molecule has 1 saturated carbocycles. The van der Waals surface area contributed by atoms with Crippen molar-refractivity contribution < 1.29 is 4.79 Å². The molecule has 0 aromatic carbocycles. The van der Waals surface area contributed by atoms with Crippen LogP contribution in [-0.2, 0) is 4.79 Å². The molecule has 2 atom stereocenters. The van der Waals surface area contributed by atoms with Crippen LogP contribution in [0.5, 0.6) is 0 Å². The molecule has 1 heteroatoms. The van der Waals surface area contributed by atoms with Gasteiger partial charge in [-0.3, -0.25) is 4.79 Å². The van der Waals surface area contributed by atoms with E-state index in [1.807, 2.05) is 6.92 Å². The first-order valence-electron chi connectivity index (χ1n) is 5.53. The van der Waals surface area contributed by atoms with Gasteiger partial charge in [0.2, 0.25) is 0 Å². The number of hydrogen-bond acceptors (Lipinski definition) is 1. The summed E-state index contributed by atoms with van der Waals surface area (Å²) in [7, 11) is 0. The predicted octanol–water partition coefficient (Wildman–Crippen LogP) is 3.43. The predicted molar refractivity (Wildman–Crippen MR) is 55.6 cm³/mol. The average Bonchev–Trinajstić information content (AvgIpc) is 2.48. The van der Waals surface area contributed by atoms with E-state index in [2.05, 4.69) is 20.8 Å². The summed E-state index contributed by atoms with van der Waals surface area (Å²) in [6.07, 6.45) is 4.20. The van der Waals surface area contributed by atoms with E-state index in [1.165, 1.54) is 6.42 Å². The smallest absolute Gasteiger partial charge is 0.138 e. The van der Waals surface area contributed by atoms with Gasteiger partial charge in [0.15, 0.2) is 0 Å². The standard InChI is InChI=1S/C12H22O/c1-5-11(13)12(4)7-6-10(8-12)9(2)3/h9-10H,5-8H2,1-4H3. The molecule has 0 bridgehead atoms. The van der Waals surface area contributed by atoms with Gasteiger partial charge in [0.05, 0.1) is 0 Å². The second-order valence-electron chi connectivity index (χ2n) is 5.08. The van der Waals surface area contributed by atoms with E-state index < -0.39 is 0 Å². The Labute approximate surface area is 81.9 Å². The van der Waals surface area contributed by atoms with Crippen LogP contribution >= 0.6 is 0 Å². The van der Waals surface area contributed by atoms with Crippen LogP contribution in [0, 0.1) is 17.3 Å². The summed E-state index contributed by atoms with van der Waals surface area (Å²) in [4.78, 5) is 11.7. The Morgan fingerprint density at radius 2 is 2.15 bits per heavy atom. The van der Waals surface area contributed by atoms with E-state index in [0.717, 1.165) is 24.7 Å². The van der Waals surface area contributed by atoms with E-state index >= 15 is 0 Å². The minimum Gasteiger partial charge on any atom is -0.299 e. The third-order valence-electron chi connectivity index (χ3n) is 3.72. The Kier molecular flexibility index (Phi) is 3.15. The quantitative estimate of drug-likeness (QED) is 0.653. The highest BCUT2D eigenvalue weighted by Gasteiger charge is 2.40. The molecule has 0 amide bonds. The van der Waals surface area contributed by atoms with Gasteiger partial charge < -0.3 is 0 Å². The number of rotatable bonds is 3. The van der Waals surface area contributed by atoms with E-state index in [0.29, 0.717) is 12.2 Å². The third-order valence-corrected chi connectivity index (χ3v) is 3.72. The Hall–Kier alpha value is -0.330. The first-order chi connectivity index (χ1) is 5.99. The molecule has 0 N–H and O–H groups in total. The molecule has 0 heterocycles. The summed E-state index contributed by atoms with van der Waals surface area (Å²) in [5.74, 6) is 1.99. The van der Waals surface area contributed by atoms with Crippen molar-refractivity contribution in [2.45, 2.75) is 53.4 Å². The van der Waals surface area contributed by atoms with Crippen molar-refractivity contribution >= 4 is 5.78 Å². The Balaban J connectivity index is 2.61. The highest BCUT2D eigenvalue weighted by molar-refractivity contribution is 5.84. The van der Waals surface area contributed by atoms with E-state index in [1.54, 1.807) is 0 Å². The molecule has 1 aliphatic rings. The maximum Gasteiger partial charge on any atom is 0.138 e. The molecule has 2 unspecified atom stereocenters. The van der Waals surface area contributed by atoms with Crippen LogP contribution in [0.2, 0.25) is 0 Å². The minimum atomic E-state index is 0.0175. The third kappa shape index (κ3) is 2.12. The average molecular weight is 182 g/mol. The molecule has 13 heavy (non-hydrogen) atoms. The zero-order chi connectivity index (χ0) is 10.1. The van der Waals surface area contributed by atoms with Gasteiger partial charge >= 0.3 is 0 Å². The van der Waals surface area contributed by atoms with E-state index in [-0.39, 0.29) is 5.41 Å². The molecular formula is C12H22O. The lowest BCUT2D eigenvalue weighted by molar-refractivity contribution is -0.127. The van der Waals surface area contributed by atoms with Crippen LogP contribution in [0.25, 0.3) is 0 Å². The maximum absolute atomic E-state index is 11.7. The van der Waals surface area contributed by atoms with Gasteiger partial charge in [0, 0.05) is 11.8 Å². The molecule has 0 aliphatic heterocycles. The van der Waals surface area contributed by atoms with Crippen molar-refractivity contribution in [1.29, 1.82) is 0 Å². The normalized spacial score (nSPS) is 34.1. The van der Waals surface area contributed by atoms with Crippen LogP contribution < -0.4 is 0 Å². The van der Waals surface area contributed by atoms with Crippen molar-refractivity contribution in [1.82, 2.24) is 0 Å². The summed E-state index contributed by atoms with van der Waals surface area (Å²) in [6.45, 7) is 8.68. The van der Waals surface area contributed by atoms with Crippen molar-refractivity contribution in [2.75, 3.05) is 0 Å². The van der Waals surface area contributed by atoms with Crippen LogP contribution in [-0.4, -0.2) is 5.78 Å². The van der Waals surface area contributed by atoms with Gasteiger partial charge in [-0.2, -0.15) is 0 Å². The topological polar surface area (TPSA) is 17.1 Å². The molecule has 1 nitrogen and oxygen atoms in total. The van der Waals surface area contributed by atoms with Crippen molar-refractivity contribution in [3.05, 3.63) is 0 Å². The van der Waals surface area contributed by atoms with Crippen LogP contribution in [0.3, 0.4) is 0 Å². The zero-order valence-electron chi connectivity index (χ0n) is 9.39. The maximum atomic E-state index is 11.7. The number of carbonyl (C=O) groups excluding carboxylic acids is 1. The molecule has 0 spiro atoms. The zero-order valence-corrected chi connectivity index (χ0v) is 9.39. The summed E-state index contributed by atoms with van der Waals surface area (Å²) in [6, 6.07) is 0. The van der Waals surface area contributed by atoms with Gasteiger partial charge in [-0.25, -0.2) is 0 Å². The lowest BCUT2D eigenvalue weighted by Crippen LogP contribution is -2.24. The summed E-state index contributed by atoms with van der Waals surface area (Å²) >= 11 is 0. The Morgan fingerprint density at radius 3 is 2.54 bits per heavy atom. The Morgan fingerprint density at radius 1 is 1.54 bits per heavy atom. The molecule has 76 valence electrons. The van der Waals surface area contributed by atoms with Crippen molar-refractivity contribution in [2.24, 2.45) is 17.3 Å². The van der Waals surface area contributed by atoms with Gasteiger partial charge in [-0.1, -0.05) is 27.7 Å². The van der Waals surface area contributed by atoms with Crippen LogP contribution in [0.4, 0.5) is 0 Å². The van der Waals surface area contributed by atoms with Crippen LogP contribution in [0.15, 0.2) is 0 Å². The monoisotopic (exact) mass is 182 g/mol. The van der Waals surface area contributed by atoms with Gasteiger partial charge in [-0.05, 0) is 31.1 Å². The molecule has 1 rings (SSSR count). The van der Waals surface area contributed by atoms with Gasteiger partial charge in [0.25, 0.3) is 0 Å². The molecular weight excluding hydrogens is 160 g/mol. The highest BCUT2D eigenvalue weighted by atomic mass is 16.1. The molecule has 1 fully saturated rings.